The summed E-state index contributed by atoms with van der Waals surface area (Å²) in [5, 5.41) is 14.2. The van der Waals surface area contributed by atoms with Crippen LogP contribution in [0.4, 0.5) is 11.6 Å². The van der Waals surface area contributed by atoms with E-state index in [1.165, 1.54) is 30.6 Å². The van der Waals surface area contributed by atoms with Crippen LogP contribution in [-0.2, 0) is 14.8 Å². The molecule has 2 N–H and O–H groups in total. The van der Waals surface area contributed by atoms with Crippen molar-refractivity contribution in [2.45, 2.75) is 4.90 Å². The minimum absolute atomic E-state index is 0.0252. The van der Waals surface area contributed by atoms with Gasteiger partial charge in [0.25, 0.3) is 15.9 Å². The van der Waals surface area contributed by atoms with Crippen molar-refractivity contribution in [1.29, 1.82) is 5.26 Å². The van der Waals surface area contributed by atoms with Gasteiger partial charge in [0.1, 0.15) is 23.2 Å². The molecule has 0 saturated carbocycles. The topological polar surface area (TPSA) is 138 Å². The number of carbonyl (C=O) groups excluding carboxylic acids is 1. The molecular weight excluding hydrogens is 502 g/mol. The van der Waals surface area contributed by atoms with Crippen LogP contribution in [0.2, 0.25) is 0 Å². The number of furan rings is 1. The lowest BCUT2D eigenvalue weighted by molar-refractivity contribution is -0.112. The molecule has 0 fully saturated rings. The maximum atomic E-state index is 12.8. The Morgan fingerprint density at radius 3 is 2.39 bits per heavy atom. The Kier molecular flexibility index (Phi) is 6.67. The normalized spacial score (nSPS) is 11.6. The van der Waals surface area contributed by atoms with Crippen LogP contribution in [0.3, 0.4) is 0 Å². The number of hydrogen-bond acceptors (Lipinski definition) is 7. The number of nitriles is 1. The Morgan fingerprint density at radius 1 is 0.895 bits per heavy atom. The zero-order valence-corrected chi connectivity index (χ0v) is 20.5. The van der Waals surface area contributed by atoms with Crippen molar-refractivity contribution in [2.75, 3.05) is 10.0 Å². The summed E-state index contributed by atoms with van der Waals surface area (Å²) >= 11 is 0. The number of amides is 1. The Morgan fingerprint density at radius 2 is 1.63 bits per heavy atom. The lowest BCUT2D eigenvalue weighted by Crippen LogP contribution is -2.14. The highest BCUT2D eigenvalue weighted by molar-refractivity contribution is 7.92. The van der Waals surface area contributed by atoms with E-state index < -0.39 is 15.9 Å². The molecule has 3 aromatic carbocycles. The molecule has 9 nitrogen and oxygen atoms in total. The summed E-state index contributed by atoms with van der Waals surface area (Å²) < 4.78 is 33.3. The van der Waals surface area contributed by atoms with E-state index in [9.17, 15) is 18.5 Å². The molecule has 0 spiro atoms. The second-order valence-electron chi connectivity index (χ2n) is 8.05. The summed E-state index contributed by atoms with van der Waals surface area (Å²) in [4.78, 5) is 20.6. The molecule has 5 rings (SSSR count). The third kappa shape index (κ3) is 5.28. The lowest BCUT2D eigenvalue weighted by Gasteiger charge is -2.08. The zero-order valence-electron chi connectivity index (χ0n) is 19.7. The molecule has 186 valence electrons. The van der Waals surface area contributed by atoms with Crippen LogP contribution in [0.1, 0.15) is 5.76 Å². The number of benzene rings is 3. The molecule has 10 heteroatoms. The number of fused-ring (bicyclic) bond motifs is 1. The van der Waals surface area contributed by atoms with Crippen LogP contribution in [0, 0.1) is 11.3 Å². The van der Waals surface area contributed by atoms with Gasteiger partial charge < -0.3 is 9.73 Å². The molecule has 5 aromatic rings. The van der Waals surface area contributed by atoms with Crippen LogP contribution >= 0.6 is 0 Å². The SMILES string of the molecule is N#C/C(=C\c1ccc(-c2ccc(S(=O)(=O)Nc3ncccn3)cc2)o1)C(=O)Nc1cccc2ccccc12. The fourth-order valence-electron chi connectivity index (χ4n) is 3.73. The maximum Gasteiger partial charge on any atom is 0.266 e. The molecule has 0 unspecified atom stereocenters. The number of hydrogen-bond donors (Lipinski definition) is 2. The first-order chi connectivity index (χ1) is 18.4. The molecule has 0 radical (unpaired) electrons. The average Bonchev–Trinajstić information content (AvgIpc) is 3.41. The molecule has 0 aliphatic rings. The Bertz CT molecular complexity index is 1800. The smallest absolute Gasteiger partial charge is 0.266 e. The summed E-state index contributed by atoms with van der Waals surface area (Å²) in [5.41, 5.74) is 1.07. The molecular formula is C28H19N5O4S. The fourth-order valence-corrected chi connectivity index (χ4v) is 4.69. The molecule has 0 bridgehead atoms. The fraction of sp³-hybridized carbons (Fsp3) is 0. The number of nitrogens with zero attached hydrogens (tertiary/aromatic N) is 3. The number of sulfonamides is 1. The van der Waals surface area contributed by atoms with Crippen LogP contribution in [0.15, 0.2) is 112 Å². The third-order valence-corrected chi connectivity index (χ3v) is 6.90. The molecule has 38 heavy (non-hydrogen) atoms. The van der Waals surface area contributed by atoms with Crippen molar-refractivity contribution in [2.24, 2.45) is 0 Å². The molecule has 0 aliphatic heterocycles. The molecule has 2 heterocycles. The number of anilines is 2. The van der Waals surface area contributed by atoms with Gasteiger partial charge in [0.15, 0.2) is 0 Å². The van der Waals surface area contributed by atoms with E-state index in [0.29, 0.717) is 22.8 Å². The third-order valence-electron chi connectivity index (χ3n) is 5.56. The van der Waals surface area contributed by atoms with Gasteiger partial charge in [-0.15, -0.1) is 0 Å². The highest BCUT2D eigenvalue weighted by Gasteiger charge is 2.17. The molecule has 0 saturated heterocycles. The van der Waals surface area contributed by atoms with Gasteiger partial charge in [-0.3, -0.25) is 4.79 Å². The molecule has 0 atom stereocenters. The predicted octanol–water partition coefficient (Wildman–Crippen LogP) is 5.24. The summed E-state index contributed by atoms with van der Waals surface area (Å²) in [6.07, 6.45) is 4.22. The summed E-state index contributed by atoms with van der Waals surface area (Å²) in [5.74, 6) is 0.138. The lowest BCUT2D eigenvalue weighted by atomic mass is 10.1. The van der Waals surface area contributed by atoms with Crippen molar-refractivity contribution >= 4 is 44.4 Å². The van der Waals surface area contributed by atoms with Gasteiger partial charge >= 0.3 is 0 Å². The molecule has 2 aromatic heterocycles. The first-order valence-electron chi connectivity index (χ1n) is 11.3. The number of aromatic nitrogens is 2. The van der Waals surface area contributed by atoms with E-state index in [2.05, 4.69) is 20.0 Å². The van der Waals surface area contributed by atoms with E-state index in [1.54, 1.807) is 36.4 Å². The van der Waals surface area contributed by atoms with Crippen molar-refractivity contribution in [1.82, 2.24) is 9.97 Å². The minimum atomic E-state index is -3.87. The van der Waals surface area contributed by atoms with Gasteiger partial charge in [0.05, 0.1) is 4.90 Å². The quantitative estimate of drug-likeness (QED) is 0.221. The monoisotopic (exact) mass is 521 g/mol. The standard InChI is InChI=1S/C28H19N5O4S/c29-18-21(27(34)32-25-8-3-6-19-5-1-2-7-24(19)25)17-22-11-14-26(37-22)20-9-12-23(13-10-20)38(35,36)33-28-30-15-4-16-31-28/h1-17H,(H,32,34)(H,30,31,33)/b21-17+. The average molecular weight is 522 g/mol. The van der Waals surface area contributed by atoms with Crippen molar-refractivity contribution in [3.63, 3.8) is 0 Å². The van der Waals surface area contributed by atoms with E-state index in [0.717, 1.165) is 10.8 Å². The number of rotatable bonds is 7. The van der Waals surface area contributed by atoms with Crippen molar-refractivity contribution in [3.05, 3.63) is 109 Å². The van der Waals surface area contributed by atoms with Gasteiger partial charge in [-0.1, -0.05) is 36.4 Å². The molecule has 1 amide bonds. The maximum absolute atomic E-state index is 12.8. The number of carbonyl (C=O) groups is 1. The van der Waals surface area contributed by atoms with Gasteiger partial charge in [0.2, 0.25) is 5.95 Å². The second-order valence-corrected chi connectivity index (χ2v) is 9.74. The Labute approximate surface area is 218 Å². The van der Waals surface area contributed by atoms with Crippen LogP contribution in [-0.4, -0.2) is 24.3 Å². The Balaban J connectivity index is 1.32. The first-order valence-corrected chi connectivity index (χ1v) is 12.8. The van der Waals surface area contributed by atoms with Crippen LogP contribution in [0.25, 0.3) is 28.2 Å². The second kappa shape index (κ2) is 10.4. The van der Waals surface area contributed by atoms with Crippen molar-refractivity contribution in [3.8, 4) is 17.4 Å². The van der Waals surface area contributed by atoms with E-state index in [-0.39, 0.29) is 16.4 Å². The highest BCUT2D eigenvalue weighted by atomic mass is 32.2. The van der Waals surface area contributed by atoms with Crippen LogP contribution < -0.4 is 10.0 Å². The summed E-state index contributed by atoms with van der Waals surface area (Å²) in [6.45, 7) is 0. The van der Waals surface area contributed by atoms with Gasteiger partial charge in [-0.25, -0.2) is 23.1 Å². The molecule has 0 aliphatic carbocycles. The number of nitrogens with one attached hydrogen (secondary N) is 2. The van der Waals surface area contributed by atoms with Gasteiger partial charge in [-0.2, -0.15) is 5.26 Å². The summed E-state index contributed by atoms with van der Waals surface area (Å²) in [7, 11) is -3.87. The van der Waals surface area contributed by atoms with Gasteiger partial charge in [-0.05, 0) is 53.9 Å². The largest absolute Gasteiger partial charge is 0.457 e. The zero-order chi connectivity index (χ0) is 26.5. The van der Waals surface area contributed by atoms with E-state index in [1.807, 2.05) is 42.5 Å². The summed E-state index contributed by atoms with van der Waals surface area (Å²) in [6, 6.07) is 26.0. The van der Waals surface area contributed by atoms with Gasteiger partial charge in [0, 0.05) is 35.1 Å². The van der Waals surface area contributed by atoms with E-state index >= 15 is 0 Å². The van der Waals surface area contributed by atoms with Crippen molar-refractivity contribution < 1.29 is 17.6 Å². The minimum Gasteiger partial charge on any atom is -0.457 e. The predicted molar refractivity (Wildman–Crippen MR) is 143 cm³/mol. The highest BCUT2D eigenvalue weighted by Crippen LogP contribution is 2.26. The first kappa shape index (κ1) is 24.4. The Hall–Kier alpha value is -5.27. The van der Waals surface area contributed by atoms with Crippen LogP contribution in [0.5, 0.6) is 0 Å². The van der Waals surface area contributed by atoms with E-state index in [4.69, 9.17) is 4.42 Å².